The van der Waals surface area contributed by atoms with E-state index in [0.29, 0.717) is 6.04 Å². The van der Waals surface area contributed by atoms with Gasteiger partial charge in [-0.3, -0.25) is 0 Å². The van der Waals surface area contributed by atoms with Crippen molar-refractivity contribution in [3.63, 3.8) is 0 Å². The van der Waals surface area contributed by atoms with Crippen LogP contribution in [0.4, 0.5) is 5.69 Å². The molecule has 0 spiro atoms. The van der Waals surface area contributed by atoms with Crippen LogP contribution in [0.15, 0.2) is 24.3 Å². The Balaban J connectivity index is 1.95. The third kappa shape index (κ3) is 3.89. The molecule has 1 heterocycles. The number of para-hydroxylation sites is 2. The molecule has 0 aliphatic carbocycles. The first-order valence-electron chi connectivity index (χ1n) is 7.86. The molecule has 0 saturated carbocycles. The number of likely N-dealkylation sites (tertiary alicyclic amines) is 1. The Kier molecular flexibility index (Phi) is 5.72. The topological polar surface area (TPSA) is 24.5 Å². The van der Waals surface area contributed by atoms with Crippen LogP contribution in [0.2, 0.25) is 0 Å². The molecule has 2 unspecified atom stereocenters. The first kappa shape index (κ1) is 15.2. The Labute approximate surface area is 123 Å². The molecule has 2 atom stereocenters. The number of methoxy groups -OCH3 is 1. The predicted octanol–water partition coefficient (Wildman–Crippen LogP) is 3.62. The van der Waals surface area contributed by atoms with Crippen LogP contribution in [0, 0.1) is 5.92 Å². The SMILES string of the molecule is CCCN1CCCC(C(C)Nc2ccccc2OC)C1. The fourth-order valence-electron chi connectivity index (χ4n) is 3.15. The lowest BCUT2D eigenvalue weighted by Gasteiger charge is -2.36. The minimum atomic E-state index is 0.478. The molecule has 1 N–H and O–H groups in total. The number of benzene rings is 1. The molecule has 1 aromatic rings. The fraction of sp³-hybridized carbons (Fsp3) is 0.647. The molecule has 112 valence electrons. The summed E-state index contributed by atoms with van der Waals surface area (Å²) in [4.78, 5) is 2.61. The highest BCUT2D eigenvalue weighted by Crippen LogP contribution is 2.27. The number of piperidine rings is 1. The maximum atomic E-state index is 5.42. The van der Waals surface area contributed by atoms with Crippen LogP contribution in [-0.4, -0.2) is 37.7 Å². The molecule has 1 aliphatic heterocycles. The number of nitrogens with one attached hydrogen (secondary N) is 1. The maximum absolute atomic E-state index is 5.42. The Bertz CT molecular complexity index is 406. The van der Waals surface area contributed by atoms with Crippen molar-refractivity contribution in [1.82, 2.24) is 4.90 Å². The van der Waals surface area contributed by atoms with Gasteiger partial charge >= 0.3 is 0 Å². The lowest BCUT2D eigenvalue weighted by molar-refractivity contribution is 0.165. The average molecular weight is 276 g/mol. The van der Waals surface area contributed by atoms with E-state index in [-0.39, 0.29) is 0 Å². The molecule has 0 aromatic heterocycles. The summed E-state index contributed by atoms with van der Waals surface area (Å²) in [6.45, 7) is 8.29. The van der Waals surface area contributed by atoms with Crippen LogP contribution in [-0.2, 0) is 0 Å². The van der Waals surface area contributed by atoms with Gasteiger partial charge in [-0.05, 0) is 57.3 Å². The molecule has 3 heteroatoms. The molecule has 1 fully saturated rings. The van der Waals surface area contributed by atoms with Crippen LogP contribution >= 0.6 is 0 Å². The number of hydrogen-bond acceptors (Lipinski definition) is 3. The molecule has 20 heavy (non-hydrogen) atoms. The van der Waals surface area contributed by atoms with Gasteiger partial charge in [-0.2, -0.15) is 0 Å². The van der Waals surface area contributed by atoms with Crippen LogP contribution < -0.4 is 10.1 Å². The van der Waals surface area contributed by atoms with E-state index in [1.165, 1.54) is 38.9 Å². The Morgan fingerprint density at radius 1 is 1.40 bits per heavy atom. The van der Waals surface area contributed by atoms with Gasteiger partial charge in [0.25, 0.3) is 0 Å². The predicted molar refractivity (Wildman–Crippen MR) is 85.5 cm³/mol. The summed E-state index contributed by atoms with van der Waals surface area (Å²) in [5, 5.41) is 3.64. The van der Waals surface area contributed by atoms with Gasteiger partial charge in [0.15, 0.2) is 0 Å². The minimum absolute atomic E-state index is 0.478. The van der Waals surface area contributed by atoms with Crippen LogP contribution in [0.3, 0.4) is 0 Å². The minimum Gasteiger partial charge on any atom is -0.495 e. The van der Waals surface area contributed by atoms with E-state index >= 15 is 0 Å². The molecular weight excluding hydrogens is 248 g/mol. The summed E-state index contributed by atoms with van der Waals surface area (Å²) in [6, 6.07) is 8.66. The van der Waals surface area contributed by atoms with Crippen molar-refractivity contribution >= 4 is 5.69 Å². The highest BCUT2D eigenvalue weighted by Gasteiger charge is 2.24. The molecule has 1 aromatic carbocycles. The Morgan fingerprint density at radius 3 is 2.95 bits per heavy atom. The normalized spacial score (nSPS) is 21.4. The molecular formula is C17H28N2O. The van der Waals surface area contributed by atoms with E-state index in [9.17, 15) is 0 Å². The zero-order chi connectivity index (χ0) is 14.4. The lowest BCUT2D eigenvalue weighted by Crippen LogP contribution is -2.42. The molecule has 0 amide bonds. The number of hydrogen-bond donors (Lipinski definition) is 1. The van der Waals surface area contributed by atoms with Crippen molar-refractivity contribution in [3.8, 4) is 5.75 Å². The van der Waals surface area contributed by atoms with Crippen molar-refractivity contribution in [2.24, 2.45) is 5.92 Å². The third-order valence-corrected chi connectivity index (χ3v) is 4.28. The summed E-state index contributed by atoms with van der Waals surface area (Å²) in [5.41, 5.74) is 1.11. The van der Waals surface area contributed by atoms with Crippen LogP contribution in [0.1, 0.15) is 33.1 Å². The van der Waals surface area contributed by atoms with Crippen LogP contribution in [0.25, 0.3) is 0 Å². The van der Waals surface area contributed by atoms with Crippen molar-refractivity contribution in [1.29, 1.82) is 0 Å². The van der Waals surface area contributed by atoms with Crippen molar-refractivity contribution in [2.75, 3.05) is 32.1 Å². The van der Waals surface area contributed by atoms with E-state index in [2.05, 4.69) is 36.2 Å². The third-order valence-electron chi connectivity index (χ3n) is 4.28. The van der Waals surface area contributed by atoms with Gasteiger partial charge in [-0.15, -0.1) is 0 Å². The quantitative estimate of drug-likeness (QED) is 0.859. The second kappa shape index (κ2) is 7.53. The van der Waals surface area contributed by atoms with Gasteiger partial charge < -0.3 is 15.0 Å². The second-order valence-electron chi connectivity index (χ2n) is 5.84. The number of nitrogens with zero attached hydrogens (tertiary/aromatic N) is 1. The van der Waals surface area contributed by atoms with Crippen molar-refractivity contribution < 1.29 is 4.74 Å². The lowest BCUT2D eigenvalue weighted by atomic mass is 9.91. The van der Waals surface area contributed by atoms with Crippen molar-refractivity contribution in [2.45, 2.75) is 39.2 Å². The standard InChI is InChI=1S/C17H28N2O/c1-4-11-19-12-7-8-15(13-19)14(2)18-16-9-5-6-10-17(16)20-3/h5-6,9-10,14-15,18H,4,7-8,11-13H2,1-3H3. The van der Waals surface area contributed by atoms with Gasteiger partial charge in [-0.1, -0.05) is 19.1 Å². The van der Waals surface area contributed by atoms with Gasteiger partial charge in [0.2, 0.25) is 0 Å². The van der Waals surface area contributed by atoms with E-state index < -0.39 is 0 Å². The van der Waals surface area contributed by atoms with E-state index in [0.717, 1.165) is 17.4 Å². The molecule has 1 aliphatic rings. The zero-order valence-electron chi connectivity index (χ0n) is 13.1. The monoisotopic (exact) mass is 276 g/mol. The largest absolute Gasteiger partial charge is 0.495 e. The highest BCUT2D eigenvalue weighted by molar-refractivity contribution is 5.56. The number of ether oxygens (including phenoxy) is 1. The number of anilines is 1. The summed E-state index contributed by atoms with van der Waals surface area (Å²) in [6.07, 6.45) is 3.90. The fourth-order valence-corrected chi connectivity index (χ4v) is 3.15. The van der Waals surface area contributed by atoms with Gasteiger partial charge in [0.1, 0.15) is 5.75 Å². The van der Waals surface area contributed by atoms with E-state index in [1.807, 2.05) is 12.1 Å². The van der Waals surface area contributed by atoms with Gasteiger partial charge in [0.05, 0.1) is 12.8 Å². The second-order valence-corrected chi connectivity index (χ2v) is 5.84. The van der Waals surface area contributed by atoms with E-state index in [1.54, 1.807) is 7.11 Å². The summed E-state index contributed by atoms with van der Waals surface area (Å²) in [5.74, 6) is 1.65. The van der Waals surface area contributed by atoms with E-state index in [4.69, 9.17) is 4.74 Å². The summed E-state index contributed by atoms with van der Waals surface area (Å²) >= 11 is 0. The molecule has 3 nitrogen and oxygen atoms in total. The maximum Gasteiger partial charge on any atom is 0.141 e. The van der Waals surface area contributed by atoms with Gasteiger partial charge in [0, 0.05) is 12.6 Å². The number of rotatable bonds is 6. The first-order valence-corrected chi connectivity index (χ1v) is 7.86. The average Bonchev–Trinajstić information content (AvgIpc) is 2.48. The Hall–Kier alpha value is -1.22. The zero-order valence-corrected chi connectivity index (χ0v) is 13.1. The van der Waals surface area contributed by atoms with Gasteiger partial charge in [-0.25, -0.2) is 0 Å². The summed E-state index contributed by atoms with van der Waals surface area (Å²) < 4.78 is 5.42. The molecule has 1 saturated heterocycles. The molecule has 2 rings (SSSR count). The molecule has 0 radical (unpaired) electrons. The van der Waals surface area contributed by atoms with Crippen molar-refractivity contribution in [3.05, 3.63) is 24.3 Å². The smallest absolute Gasteiger partial charge is 0.141 e. The molecule has 0 bridgehead atoms. The Morgan fingerprint density at radius 2 is 2.20 bits per heavy atom. The summed E-state index contributed by atoms with van der Waals surface area (Å²) in [7, 11) is 1.73. The van der Waals surface area contributed by atoms with Crippen LogP contribution in [0.5, 0.6) is 5.75 Å². The highest BCUT2D eigenvalue weighted by atomic mass is 16.5. The first-order chi connectivity index (χ1) is 9.74.